The van der Waals surface area contributed by atoms with Crippen molar-refractivity contribution in [3.8, 4) is 5.88 Å². The van der Waals surface area contributed by atoms with Crippen LogP contribution in [0.4, 0.5) is 4.79 Å². The molecule has 1 fully saturated rings. The Morgan fingerprint density at radius 3 is 2.67 bits per heavy atom. The van der Waals surface area contributed by atoms with Gasteiger partial charge in [0.25, 0.3) is 0 Å². The molecule has 0 aromatic carbocycles. The Hall–Kier alpha value is -1.87. The fourth-order valence-electron chi connectivity index (χ4n) is 4.06. The maximum absolute atomic E-state index is 12.0. The zero-order valence-electron chi connectivity index (χ0n) is 18.2. The van der Waals surface area contributed by atoms with Crippen molar-refractivity contribution in [1.82, 2.24) is 14.2 Å². The van der Waals surface area contributed by atoms with Gasteiger partial charge in [-0.05, 0) is 63.5 Å². The summed E-state index contributed by atoms with van der Waals surface area (Å²) in [4.78, 5) is 18.1. The van der Waals surface area contributed by atoms with Crippen LogP contribution in [0.3, 0.4) is 0 Å². The average Bonchev–Trinajstić information content (AvgIpc) is 2.70. The Morgan fingerprint density at radius 1 is 1.27 bits per heavy atom. The van der Waals surface area contributed by atoms with E-state index in [0.717, 1.165) is 49.9 Å². The van der Waals surface area contributed by atoms with Gasteiger partial charge in [-0.1, -0.05) is 0 Å². The van der Waals surface area contributed by atoms with Crippen molar-refractivity contribution in [2.24, 2.45) is 5.92 Å². The number of sulfonamides is 1. The summed E-state index contributed by atoms with van der Waals surface area (Å²) in [5.41, 5.74) is 1.99. The molecule has 0 spiro atoms. The lowest BCUT2D eigenvalue weighted by molar-refractivity contribution is 0.0643. The molecule has 0 radical (unpaired) electrons. The summed E-state index contributed by atoms with van der Waals surface area (Å²) in [6.07, 6.45) is 7.24. The van der Waals surface area contributed by atoms with E-state index < -0.39 is 10.0 Å². The molecule has 30 heavy (non-hydrogen) atoms. The number of likely N-dealkylation sites (tertiary alicyclic amines) is 1. The number of carbonyl (C=O) groups excluding carboxylic acids is 1. The number of amides is 1. The molecule has 8 nitrogen and oxygen atoms in total. The minimum Gasteiger partial charge on any atom is -0.477 e. The third kappa shape index (κ3) is 6.07. The van der Waals surface area contributed by atoms with Crippen molar-refractivity contribution in [2.45, 2.75) is 58.6 Å². The van der Waals surface area contributed by atoms with Crippen molar-refractivity contribution in [3.63, 3.8) is 0 Å². The van der Waals surface area contributed by atoms with E-state index in [1.807, 2.05) is 19.9 Å². The predicted octanol–water partition coefficient (Wildman–Crippen LogP) is 2.82. The van der Waals surface area contributed by atoms with Crippen molar-refractivity contribution in [1.29, 1.82) is 0 Å². The molecule has 1 amide bonds. The van der Waals surface area contributed by atoms with Gasteiger partial charge in [0.15, 0.2) is 0 Å². The smallest absolute Gasteiger partial charge is 0.410 e. The highest BCUT2D eigenvalue weighted by atomic mass is 32.2. The Labute approximate surface area is 179 Å². The van der Waals surface area contributed by atoms with Crippen LogP contribution in [0.25, 0.3) is 0 Å². The van der Waals surface area contributed by atoms with Gasteiger partial charge in [0, 0.05) is 37.9 Å². The van der Waals surface area contributed by atoms with Gasteiger partial charge in [0.2, 0.25) is 15.9 Å². The molecule has 1 aromatic heterocycles. The zero-order valence-corrected chi connectivity index (χ0v) is 19.0. The SMILES string of the molecule is CC(C)OC(=O)N1CCC(CCCOc2nccc3c2CCN(S(C)(=O)=O)C3)CC1. The van der Waals surface area contributed by atoms with E-state index in [0.29, 0.717) is 37.9 Å². The summed E-state index contributed by atoms with van der Waals surface area (Å²) in [5.74, 6) is 1.23. The first-order chi connectivity index (χ1) is 14.2. The zero-order chi connectivity index (χ0) is 21.7. The summed E-state index contributed by atoms with van der Waals surface area (Å²) in [7, 11) is -3.19. The van der Waals surface area contributed by atoms with E-state index in [1.54, 1.807) is 11.1 Å². The molecule has 1 aromatic rings. The van der Waals surface area contributed by atoms with Crippen molar-refractivity contribution < 1.29 is 22.7 Å². The molecule has 2 aliphatic rings. The third-order valence-corrected chi connectivity index (χ3v) is 6.99. The van der Waals surface area contributed by atoms with E-state index in [4.69, 9.17) is 9.47 Å². The van der Waals surface area contributed by atoms with Gasteiger partial charge < -0.3 is 14.4 Å². The number of carbonyl (C=O) groups is 1. The molecular weight excluding hydrogens is 406 g/mol. The molecule has 0 bridgehead atoms. The van der Waals surface area contributed by atoms with Crippen LogP contribution in [0.2, 0.25) is 0 Å². The van der Waals surface area contributed by atoms with E-state index in [2.05, 4.69) is 4.98 Å². The molecule has 0 saturated carbocycles. The molecule has 0 N–H and O–H groups in total. The molecule has 3 rings (SSSR count). The van der Waals surface area contributed by atoms with Gasteiger partial charge in [0.05, 0.1) is 19.0 Å². The lowest BCUT2D eigenvalue weighted by Gasteiger charge is -2.31. The highest BCUT2D eigenvalue weighted by molar-refractivity contribution is 7.88. The van der Waals surface area contributed by atoms with Gasteiger partial charge in [-0.25, -0.2) is 18.2 Å². The fourth-order valence-corrected chi connectivity index (χ4v) is 4.86. The summed E-state index contributed by atoms with van der Waals surface area (Å²) in [6.45, 7) is 6.67. The Bertz CT molecular complexity index is 835. The van der Waals surface area contributed by atoms with Crippen LogP contribution in [0.1, 0.15) is 50.7 Å². The molecule has 3 heterocycles. The molecule has 2 aliphatic heterocycles. The molecular formula is C21H33N3O5S. The van der Waals surface area contributed by atoms with Crippen molar-refractivity contribution >= 4 is 16.1 Å². The molecule has 0 atom stereocenters. The summed E-state index contributed by atoms with van der Waals surface area (Å²) in [5, 5.41) is 0. The number of hydrogen-bond acceptors (Lipinski definition) is 6. The van der Waals surface area contributed by atoms with Crippen LogP contribution < -0.4 is 4.74 Å². The second-order valence-corrected chi connectivity index (χ2v) is 10.4. The quantitative estimate of drug-likeness (QED) is 0.607. The molecule has 168 valence electrons. The standard InChI is InChI=1S/C21H33N3O5S/c1-16(2)29-21(25)23-11-7-17(8-12-23)5-4-14-28-20-19-9-13-24(30(3,26)27)15-18(19)6-10-22-20/h6,10,16-17H,4-5,7-9,11-15H2,1-3H3. The number of pyridine rings is 1. The van der Waals surface area contributed by atoms with E-state index >= 15 is 0 Å². The van der Waals surface area contributed by atoms with Crippen LogP contribution in [-0.4, -0.2) is 67.3 Å². The number of hydrogen-bond donors (Lipinski definition) is 0. The lowest BCUT2D eigenvalue weighted by atomic mass is 9.92. The largest absolute Gasteiger partial charge is 0.477 e. The van der Waals surface area contributed by atoms with Crippen LogP contribution in [0.15, 0.2) is 12.3 Å². The lowest BCUT2D eigenvalue weighted by Crippen LogP contribution is -2.39. The summed E-state index contributed by atoms with van der Waals surface area (Å²) >= 11 is 0. The van der Waals surface area contributed by atoms with Crippen molar-refractivity contribution in [2.75, 3.05) is 32.5 Å². The van der Waals surface area contributed by atoms with E-state index in [1.165, 1.54) is 10.6 Å². The average molecular weight is 440 g/mol. The van der Waals surface area contributed by atoms with E-state index in [-0.39, 0.29) is 12.2 Å². The Kier molecular flexibility index (Phi) is 7.57. The fraction of sp³-hybridized carbons (Fsp3) is 0.714. The first kappa shape index (κ1) is 22.8. The normalized spacial score (nSPS) is 18.3. The first-order valence-corrected chi connectivity index (χ1v) is 12.6. The molecule has 1 saturated heterocycles. The van der Waals surface area contributed by atoms with Gasteiger partial charge in [-0.15, -0.1) is 0 Å². The number of aromatic nitrogens is 1. The Balaban J connectivity index is 1.42. The summed E-state index contributed by atoms with van der Waals surface area (Å²) < 4.78 is 36.3. The number of rotatable bonds is 7. The monoisotopic (exact) mass is 439 g/mol. The van der Waals surface area contributed by atoms with Gasteiger partial charge in [-0.2, -0.15) is 4.31 Å². The van der Waals surface area contributed by atoms with Crippen LogP contribution in [0.5, 0.6) is 5.88 Å². The molecule has 0 unspecified atom stereocenters. The number of piperidine rings is 1. The molecule has 9 heteroatoms. The Morgan fingerprint density at radius 2 is 2.00 bits per heavy atom. The maximum atomic E-state index is 12.0. The van der Waals surface area contributed by atoms with Crippen LogP contribution in [-0.2, 0) is 27.7 Å². The second kappa shape index (κ2) is 9.96. The van der Waals surface area contributed by atoms with Crippen LogP contribution >= 0.6 is 0 Å². The number of nitrogens with zero attached hydrogens (tertiary/aromatic N) is 3. The first-order valence-electron chi connectivity index (χ1n) is 10.7. The predicted molar refractivity (Wildman–Crippen MR) is 114 cm³/mol. The number of fused-ring (bicyclic) bond motifs is 1. The number of ether oxygens (including phenoxy) is 2. The van der Waals surface area contributed by atoms with Crippen molar-refractivity contribution in [3.05, 3.63) is 23.4 Å². The second-order valence-electron chi connectivity index (χ2n) is 8.45. The highest BCUT2D eigenvalue weighted by Crippen LogP contribution is 2.28. The topological polar surface area (TPSA) is 89.0 Å². The minimum absolute atomic E-state index is 0.0841. The minimum atomic E-state index is -3.19. The van der Waals surface area contributed by atoms with Gasteiger partial charge in [0.1, 0.15) is 0 Å². The van der Waals surface area contributed by atoms with Gasteiger partial charge in [-0.3, -0.25) is 0 Å². The van der Waals surface area contributed by atoms with Crippen LogP contribution in [0, 0.1) is 5.92 Å². The van der Waals surface area contributed by atoms with E-state index in [9.17, 15) is 13.2 Å². The summed E-state index contributed by atoms with van der Waals surface area (Å²) in [6, 6.07) is 1.87. The molecule has 0 aliphatic carbocycles. The highest BCUT2D eigenvalue weighted by Gasteiger charge is 2.26. The third-order valence-electron chi connectivity index (χ3n) is 5.74. The maximum Gasteiger partial charge on any atom is 0.410 e. The van der Waals surface area contributed by atoms with Gasteiger partial charge >= 0.3 is 6.09 Å².